The molecule has 0 radical (unpaired) electrons. The summed E-state index contributed by atoms with van der Waals surface area (Å²) in [6.45, 7) is 2.15. The fourth-order valence-corrected chi connectivity index (χ4v) is 4.69. The van der Waals surface area contributed by atoms with Crippen LogP contribution in [0, 0.1) is 10.1 Å². The first-order chi connectivity index (χ1) is 13.7. The van der Waals surface area contributed by atoms with Gasteiger partial charge in [0.25, 0.3) is 5.69 Å². The summed E-state index contributed by atoms with van der Waals surface area (Å²) in [6.07, 6.45) is 5.63. The smallest absolute Gasteiger partial charge is 0.278 e. The number of aromatic nitrogens is 2. The average Bonchev–Trinajstić information content (AvgIpc) is 3.37. The molecule has 140 valence electrons. The SMILES string of the molecule is O=[N+]([O-])c1ccc(Nc2ccc3nc(N4CCCC4)sc3c2)c2ccncc12. The highest BCUT2D eigenvalue weighted by molar-refractivity contribution is 7.22. The number of nitrogens with one attached hydrogen (secondary N) is 1. The molecule has 1 N–H and O–H groups in total. The van der Waals surface area contributed by atoms with Crippen molar-refractivity contribution in [1.29, 1.82) is 0 Å². The molecule has 0 spiro atoms. The quantitative estimate of drug-likeness (QED) is 0.385. The van der Waals surface area contributed by atoms with E-state index in [1.807, 2.05) is 12.1 Å². The first-order valence-electron chi connectivity index (χ1n) is 9.13. The van der Waals surface area contributed by atoms with Gasteiger partial charge in [-0.3, -0.25) is 15.1 Å². The standard InChI is InChI=1S/C20H17N5O2S/c26-25(27)18-6-5-16(14-7-8-21-12-15(14)18)22-13-3-4-17-19(11-13)28-20(23-17)24-9-1-2-10-24/h3-8,11-12,22H,1-2,9-10H2. The second-order valence-corrected chi connectivity index (χ2v) is 7.82. The lowest BCUT2D eigenvalue weighted by Gasteiger charge is -2.11. The van der Waals surface area contributed by atoms with Gasteiger partial charge in [0.15, 0.2) is 5.13 Å². The summed E-state index contributed by atoms with van der Waals surface area (Å²) < 4.78 is 1.12. The molecule has 1 aliphatic rings. The number of benzene rings is 2. The van der Waals surface area contributed by atoms with Crippen molar-refractivity contribution in [2.24, 2.45) is 0 Å². The molecule has 2 aromatic heterocycles. The molecule has 7 nitrogen and oxygen atoms in total. The molecule has 28 heavy (non-hydrogen) atoms. The van der Waals surface area contributed by atoms with Gasteiger partial charge in [0.05, 0.1) is 20.5 Å². The Labute approximate surface area is 164 Å². The molecule has 5 rings (SSSR count). The zero-order chi connectivity index (χ0) is 19.1. The molecule has 0 unspecified atom stereocenters. The van der Waals surface area contributed by atoms with E-state index in [-0.39, 0.29) is 10.6 Å². The molecule has 0 saturated carbocycles. The van der Waals surface area contributed by atoms with E-state index in [2.05, 4.69) is 21.3 Å². The molecular weight excluding hydrogens is 374 g/mol. The Kier molecular flexibility index (Phi) is 4.05. The second kappa shape index (κ2) is 6.72. The molecule has 8 heteroatoms. The average molecular weight is 391 g/mol. The van der Waals surface area contributed by atoms with Gasteiger partial charge in [-0.25, -0.2) is 4.98 Å². The van der Waals surface area contributed by atoms with Crippen molar-refractivity contribution < 1.29 is 4.92 Å². The molecule has 0 aliphatic carbocycles. The van der Waals surface area contributed by atoms with Gasteiger partial charge >= 0.3 is 0 Å². The number of anilines is 3. The van der Waals surface area contributed by atoms with Crippen molar-refractivity contribution >= 4 is 54.5 Å². The maximum Gasteiger partial charge on any atom is 0.278 e. The highest BCUT2D eigenvalue weighted by atomic mass is 32.1. The number of thiazole rings is 1. The topological polar surface area (TPSA) is 84.2 Å². The summed E-state index contributed by atoms with van der Waals surface area (Å²) in [4.78, 5) is 22.1. The minimum absolute atomic E-state index is 0.0572. The lowest BCUT2D eigenvalue weighted by Crippen LogP contribution is -2.16. The third kappa shape index (κ3) is 2.91. The fourth-order valence-electron chi connectivity index (χ4n) is 3.63. The molecule has 1 fully saturated rings. The molecule has 4 aromatic rings. The Morgan fingerprint density at radius 2 is 1.96 bits per heavy atom. The minimum Gasteiger partial charge on any atom is -0.355 e. The predicted octanol–water partition coefficient (Wildman–Crippen LogP) is 5.10. The first kappa shape index (κ1) is 16.9. The number of fused-ring (bicyclic) bond motifs is 2. The Morgan fingerprint density at radius 3 is 2.79 bits per heavy atom. The van der Waals surface area contributed by atoms with E-state index in [0.717, 1.165) is 45.2 Å². The van der Waals surface area contributed by atoms with Gasteiger partial charge in [-0.05, 0) is 43.2 Å². The Balaban J connectivity index is 1.51. The van der Waals surface area contributed by atoms with E-state index in [1.165, 1.54) is 25.1 Å². The Bertz CT molecular complexity index is 1200. The number of non-ortho nitro benzene ring substituents is 1. The van der Waals surface area contributed by atoms with Gasteiger partial charge in [-0.1, -0.05) is 11.3 Å². The molecular formula is C20H17N5O2S. The van der Waals surface area contributed by atoms with Crippen LogP contribution in [0.3, 0.4) is 0 Å². The number of nitro benzene ring substituents is 1. The number of hydrogen-bond acceptors (Lipinski definition) is 7. The van der Waals surface area contributed by atoms with Crippen molar-refractivity contribution in [3.05, 3.63) is 58.9 Å². The first-order valence-corrected chi connectivity index (χ1v) is 9.94. The zero-order valence-electron chi connectivity index (χ0n) is 15.0. The van der Waals surface area contributed by atoms with E-state index in [4.69, 9.17) is 4.98 Å². The van der Waals surface area contributed by atoms with Gasteiger partial charge in [0.2, 0.25) is 0 Å². The summed E-state index contributed by atoms with van der Waals surface area (Å²) in [5, 5.41) is 17.1. The number of pyridine rings is 1. The second-order valence-electron chi connectivity index (χ2n) is 6.81. The van der Waals surface area contributed by atoms with Gasteiger partial charge in [-0.15, -0.1) is 0 Å². The maximum absolute atomic E-state index is 11.3. The summed E-state index contributed by atoms with van der Waals surface area (Å²) in [5.74, 6) is 0. The summed E-state index contributed by atoms with van der Waals surface area (Å²) in [7, 11) is 0. The largest absolute Gasteiger partial charge is 0.355 e. The van der Waals surface area contributed by atoms with Gasteiger partial charge in [0.1, 0.15) is 0 Å². The summed E-state index contributed by atoms with van der Waals surface area (Å²) in [5.41, 5.74) is 2.79. The van der Waals surface area contributed by atoms with Crippen LogP contribution in [-0.4, -0.2) is 28.0 Å². The molecule has 0 atom stereocenters. The van der Waals surface area contributed by atoms with E-state index in [1.54, 1.807) is 29.7 Å². The maximum atomic E-state index is 11.3. The monoisotopic (exact) mass is 391 g/mol. The van der Waals surface area contributed by atoms with E-state index in [0.29, 0.717) is 5.39 Å². The third-order valence-corrected chi connectivity index (χ3v) is 6.10. The van der Waals surface area contributed by atoms with Crippen molar-refractivity contribution in [2.45, 2.75) is 12.8 Å². The van der Waals surface area contributed by atoms with Crippen LogP contribution in [0.4, 0.5) is 22.2 Å². The third-order valence-electron chi connectivity index (χ3n) is 5.02. The van der Waals surface area contributed by atoms with Crippen LogP contribution in [0.15, 0.2) is 48.8 Å². The molecule has 2 aromatic carbocycles. The van der Waals surface area contributed by atoms with Crippen LogP contribution >= 0.6 is 11.3 Å². The highest BCUT2D eigenvalue weighted by Gasteiger charge is 2.17. The predicted molar refractivity (Wildman–Crippen MR) is 113 cm³/mol. The lowest BCUT2D eigenvalue weighted by atomic mass is 10.1. The zero-order valence-corrected chi connectivity index (χ0v) is 15.8. The number of nitrogens with zero attached hydrogens (tertiary/aromatic N) is 4. The summed E-state index contributed by atoms with van der Waals surface area (Å²) >= 11 is 1.70. The van der Waals surface area contributed by atoms with Gasteiger partial charge in [-0.2, -0.15) is 0 Å². The van der Waals surface area contributed by atoms with Crippen LogP contribution in [-0.2, 0) is 0 Å². The van der Waals surface area contributed by atoms with Crippen molar-refractivity contribution in [3.63, 3.8) is 0 Å². The summed E-state index contributed by atoms with van der Waals surface area (Å²) in [6, 6.07) is 11.1. The van der Waals surface area contributed by atoms with Crippen LogP contribution in [0.5, 0.6) is 0 Å². The Hall–Kier alpha value is -3.26. The van der Waals surface area contributed by atoms with E-state index >= 15 is 0 Å². The molecule has 3 heterocycles. The highest BCUT2D eigenvalue weighted by Crippen LogP contribution is 2.35. The number of hydrogen-bond donors (Lipinski definition) is 1. The normalized spacial score (nSPS) is 14.1. The van der Waals surface area contributed by atoms with Gasteiger partial charge in [0, 0.05) is 48.3 Å². The Morgan fingerprint density at radius 1 is 1.11 bits per heavy atom. The fraction of sp³-hybridized carbons (Fsp3) is 0.200. The van der Waals surface area contributed by atoms with E-state index < -0.39 is 0 Å². The van der Waals surface area contributed by atoms with Crippen molar-refractivity contribution in [3.8, 4) is 0 Å². The minimum atomic E-state index is -0.378. The molecule has 1 saturated heterocycles. The van der Waals surface area contributed by atoms with Crippen molar-refractivity contribution in [1.82, 2.24) is 9.97 Å². The van der Waals surface area contributed by atoms with E-state index in [9.17, 15) is 10.1 Å². The number of nitro groups is 1. The molecule has 0 bridgehead atoms. The lowest BCUT2D eigenvalue weighted by molar-refractivity contribution is -0.383. The van der Waals surface area contributed by atoms with Crippen molar-refractivity contribution in [2.75, 3.05) is 23.3 Å². The number of rotatable bonds is 4. The molecule has 1 aliphatic heterocycles. The van der Waals surface area contributed by atoms with Crippen LogP contribution in [0.25, 0.3) is 21.0 Å². The molecule has 0 amide bonds. The van der Waals surface area contributed by atoms with Crippen LogP contribution in [0.1, 0.15) is 12.8 Å². The van der Waals surface area contributed by atoms with Crippen LogP contribution in [0.2, 0.25) is 0 Å². The van der Waals surface area contributed by atoms with Gasteiger partial charge < -0.3 is 10.2 Å². The van der Waals surface area contributed by atoms with Crippen LogP contribution < -0.4 is 10.2 Å².